The van der Waals surface area contributed by atoms with Gasteiger partial charge in [-0.05, 0) is 47.8 Å². The molecule has 0 amide bonds. The van der Waals surface area contributed by atoms with Crippen LogP contribution in [0.2, 0.25) is 15.1 Å². The van der Waals surface area contributed by atoms with E-state index >= 15 is 0 Å². The quantitative estimate of drug-likeness (QED) is 0.379. The number of anilines is 1. The number of aromatic nitrogens is 2. The van der Waals surface area contributed by atoms with Crippen LogP contribution < -0.4 is 10.1 Å². The van der Waals surface area contributed by atoms with Gasteiger partial charge in [-0.15, -0.1) is 4.91 Å². The van der Waals surface area contributed by atoms with E-state index in [1.54, 1.807) is 0 Å². The van der Waals surface area contributed by atoms with Crippen LogP contribution >= 0.6 is 34.8 Å². The molecule has 0 radical (unpaired) electrons. The van der Waals surface area contributed by atoms with Crippen molar-refractivity contribution in [1.29, 1.82) is 0 Å². The van der Waals surface area contributed by atoms with E-state index in [1.807, 2.05) is 31.2 Å². The number of benzene rings is 2. The van der Waals surface area contributed by atoms with Crippen LogP contribution in [0.25, 0.3) is 0 Å². The topological polar surface area (TPSA) is 76.5 Å². The summed E-state index contributed by atoms with van der Waals surface area (Å²) in [5, 5.41) is 7.04. The van der Waals surface area contributed by atoms with Crippen molar-refractivity contribution in [3.63, 3.8) is 0 Å². The monoisotopic (exact) mass is 450 g/mol. The summed E-state index contributed by atoms with van der Waals surface area (Å²) in [6, 6.07) is 10.3. The zero-order valence-corrected chi connectivity index (χ0v) is 17.7. The minimum absolute atomic E-state index is 0.144. The molecule has 29 heavy (non-hydrogen) atoms. The van der Waals surface area contributed by atoms with Crippen LogP contribution in [0.1, 0.15) is 18.2 Å². The summed E-state index contributed by atoms with van der Waals surface area (Å²) in [4.78, 5) is 19.0. The van der Waals surface area contributed by atoms with Gasteiger partial charge >= 0.3 is 0 Å². The summed E-state index contributed by atoms with van der Waals surface area (Å²) in [7, 11) is 0. The molecule has 1 N–H and O–H groups in total. The van der Waals surface area contributed by atoms with Gasteiger partial charge in [0.15, 0.2) is 5.75 Å². The molecule has 0 unspecified atom stereocenters. The minimum Gasteiger partial charge on any atom is -0.454 e. The van der Waals surface area contributed by atoms with Crippen LogP contribution in [0, 0.1) is 4.91 Å². The average Bonchev–Trinajstić information content (AvgIpc) is 2.73. The standard InChI is InChI=1S/C20H17Cl3N4O2/c1-2-17-18(23)20(26-11-25-17)24-8-7-12-3-5-14(6-4-12)29-19-15(21)9-13(27-28)10-16(19)22/h3-6,9-11H,2,7-8H2,1H3,(H,24,25,26). The van der Waals surface area contributed by atoms with Crippen LogP contribution in [0.4, 0.5) is 11.5 Å². The summed E-state index contributed by atoms with van der Waals surface area (Å²) >= 11 is 18.5. The maximum absolute atomic E-state index is 10.6. The molecule has 150 valence electrons. The van der Waals surface area contributed by atoms with E-state index in [2.05, 4.69) is 20.5 Å². The first kappa shape index (κ1) is 21.3. The number of nitrogens with one attached hydrogen (secondary N) is 1. The molecule has 0 bridgehead atoms. The van der Waals surface area contributed by atoms with Crippen LogP contribution in [-0.2, 0) is 12.8 Å². The summed E-state index contributed by atoms with van der Waals surface area (Å²) in [6.45, 7) is 2.66. The highest BCUT2D eigenvalue weighted by atomic mass is 35.5. The van der Waals surface area contributed by atoms with E-state index < -0.39 is 0 Å². The van der Waals surface area contributed by atoms with Crippen LogP contribution in [0.5, 0.6) is 11.5 Å². The van der Waals surface area contributed by atoms with E-state index in [1.165, 1.54) is 18.5 Å². The number of ether oxygens (including phenoxy) is 1. The Kier molecular flexibility index (Phi) is 7.25. The minimum atomic E-state index is 0.144. The molecule has 1 heterocycles. The van der Waals surface area contributed by atoms with Gasteiger partial charge in [0.2, 0.25) is 0 Å². The number of hydrogen-bond acceptors (Lipinski definition) is 6. The largest absolute Gasteiger partial charge is 0.454 e. The van der Waals surface area contributed by atoms with Gasteiger partial charge < -0.3 is 10.1 Å². The Balaban J connectivity index is 1.60. The fraction of sp³-hybridized carbons (Fsp3) is 0.200. The van der Waals surface area contributed by atoms with Crippen molar-refractivity contribution in [2.75, 3.05) is 11.9 Å². The van der Waals surface area contributed by atoms with Crippen molar-refractivity contribution in [2.24, 2.45) is 5.18 Å². The molecule has 0 aliphatic heterocycles. The van der Waals surface area contributed by atoms with Crippen LogP contribution in [0.15, 0.2) is 47.9 Å². The lowest BCUT2D eigenvalue weighted by Crippen LogP contribution is -2.08. The SMILES string of the molecule is CCc1ncnc(NCCc2ccc(Oc3c(Cl)cc(N=O)cc3Cl)cc2)c1Cl. The Hall–Kier alpha value is -2.41. The summed E-state index contributed by atoms with van der Waals surface area (Å²) in [5.74, 6) is 1.49. The predicted octanol–water partition coefficient (Wildman–Crippen LogP) is 6.84. The number of hydrogen-bond donors (Lipinski definition) is 1. The molecule has 3 aromatic rings. The summed E-state index contributed by atoms with van der Waals surface area (Å²) < 4.78 is 5.75. The maximum Gasteiger partial charge on any atom is 0.164 e. The highest BCUT2D eigenvalue weighted by Crippen LogP contribution is 2.39. The molecule has 0 atom stereocenters. The predicted molar refractivity (Wildman–Crippen MR) is 117 cm³/mol. The Labute approximate surface area is 183 Å². The van der Waals surface area contributed by atoms with Gasteiger partial charge in [-0.25, -0.2) is 9.97 Å². The second-order valence-electron chi connectivity index (χ2n) is 6.09. The molecule has 0 aliphatic carbocycles. The lowest BCUT2D eigenvalue weighted by Gasteiger charge is -2.11. The lowest BCUT2D eigenvalue weighted by atomic mass is 10.1. The van der Waals surface area contributed by atoms with E-state index in [0.717, 1.165) is 24.1 Å². The summed E-state index contributed by atoms with van der Waals surface area (Å²) in [5.41, 5.74) is 2.06. The highest BCUT2D eigenvalue weighted by molar-refractivity contribution is 6.37. The van der Waals surface area contributed by atoms with Crippen LogP contribution in [-0.4, -0.2) is 16.5 Å². The third kappa shape index (κ3) is 5.35. The first-order valence-corrected chi connectivity index (χ1v) is 9.97. The van der Waals surface area contributed by atoms with Crippen molar-refractivity contribution < 1.29 is 4.74 Å². The Morgan fingerprint density at radius 3 is 2.38 bits per heavy atom. The Morgan fingerprint density at radius 2 is 1.76 bits per heavy atom. The van der Waals surface area contributed by atoms with Gasteiger partial charge in [-0.3, -0.25) is 0 Å². The molecule has 0 aliphatic rings. The van der Waals surface area contributed by atoms with Crippen molar-refractivity contribution in [2.45, 2.75) is 19.8 Å². The molecule has 0 saturated heterocycles. The number of aryl methyl sites for hydroxylation is 1. The van der Waals surface area contributed by atoms with Crippen molar-refractivity contribution in [1.82, 2.24) is 9.97 Å². The Morgan fingerprint density at radius 1 is 1.07 bits per heavy atom. The molecule has 1 aromatic heterocycles. The Bertz CT molecular complexity index is 990. The van der Waals surface area contributed by atoms with E-state index in [9.17, 15) is 4.91 Å². The third-order valence-corrected chi connectivity index (χ3v) is 5.09. The molecule has 0 fully saturated rings. The zero-order valence-electron chi connectivity index (χ0n) is 15.5. The number of nitrogens with zero attached hydrogens (tertiary/aromatic N) is 3. The molecule has 0 saturated carbocycles. The average molecular weight is 452 g/mol. The van der Waals surface area contributed by atoms with Crippen molar-refractivity contribution >= 4 is 46.3 Å². The van der Waals surface area contributed by atoms with Crippen molar-refractivity contribution in [3.05, 3.63) is 74.0 Å². The molecule has 9 heteroatoms. The van der Waals surface area contributed by atoms with Crippen LogP contribution in [0.3, 0.4) is 0 Å². The molecule has 0 spiro atoms. The van der Waals surface area contributed by atoms with Gasteiger partial charge in [0, 0.05) is 6.54 Å². The lowest BCUT2D eigenvalue weighted by molar-refractivity contribution is 0.483. The number of nitroso groups, excluding NO2 is 1. The van der Waals surface area contributed by atoms with Crippen molar-refractivity contribution in [3.8, 4) is 11.5 Å². The first-order chi connectivity index (χ1) is 14.0. The van der Waals surface area contributed by atoms with E-state index in [-0.39, 0.29) is 21.5 Å². The second-order valence-corrected chi connectivity index (χ2v) is 7.28. The second kappa shape index (κ2) is 9.87. The summed E-state index contributed by atoms with van der Waals surface area (Å²) in [6.07, 6.45) is 3.02. The maximum atomic E-state index is 10.6. The van der Waals surface area contributed by atoms with Gasteiger partial charge in [-0.1, -0.05) is 53.9 Å². The molecular formula is C20H17Cl3N4O2. The highest BCUT2D eigenvalue weighted by Gasteiger charge is 2.12. The van der Waals surface area contributed by atoms with Gasteiger partial charge in [0.1, 0.15) is 28.6 Å². The fourth-order valence-corrected chi connectivity index (χ4v) is 3.49. The van der Waals surface area contributed by atoms with E-state index in [0.29, 0.717) is 23.1 Å². The fourth-order valence-electron chi connectivity index (χ4n) is 2.64. The molecule has 3 rings (SSSR count). The smallest absolute Gasteiger partial charge is 0.164 e. The van der Waals surface area contributed by atoms with Gasteiger partial charge in [0.25, 0.3) is 0 Å². The van der Waals surface area contributed by atoms with Gasteiger partial charge in [0.05, 0.1) is 15.7 Å². The van der Waals surface area contributed by atoms with E-state index in [4.69, 9.17) is 39.5 Å². The number of rotatable bonds is 8. The molecular weight excluding hydrogens is 435 g/mol. The zero-order chi connectivity index (χ0) is 20.8. The third-order valence-electron chi connectivity index (χ3n) is 4.13. The molecule has 2 aromatic carbocycles. The molecule has 6 nitrogen and oxygen atoms in total. The normalized spacial score (nSPS) is 10.6. The first-order valence-electron chi connectivity index (χ1n) is 8.84. The number of halogens is 3. The van der Waals surface area contributed by atoms with Gasteiger partial charge in [-0.2, -0.15) is 0 Å².